The number of rotatable bonds is 9. The first-order chi connectivity index (χ1) is 10.8. The van der Waals surface area contributed by atoms with Crippen LogP contribution in [0.15, 0.2) is 54.7 Å². The Hall–Kier alpha value is -2.29. The zero-order valence-corrected chi connectivity index (χ0v) is 14.4. The maximum absolute atomic E-state index is 11.4. The molecule has 0 radical (unpaired) electrons. The maximum atomic E-state index is 11.4. The zero-order chi connectivity index (χ0) is 17.4. The van der Waals surface area contributed by atoms with E-state index in [9.17, 15) is 4.79 Å². The van der Waals surface area contributed by atoms with Crippen LogP contribution in [0.3, 0.4) is 0 Å². The van der Waals surface area contributed by atoms with Crippen LogP contribution < -0.4 is 4.74 Å². The van der Waals surface area contributed by atoms with Crippen molar-refractivity contribution in [2.24, 2.45) is 0 Å². The van der Waals surface area contributed by atoms with Crippen molar-refractivity contribution in [1.29, 1.82) is 0 Å². The van der Waals surface area contributed by atoms with Gasteiger partial charge in [0.1, 0.15) is 19.0 Å². The van der Waals surface area contributed by atoms with Gasteiger partial charge in [-0.3, -0.25) is 0 Å². The predicted octanol–water partition coefficient (Wildman–Crippen LogP) is 4.42. The number of ether oxygens (including phenoxy) is 2. The van der Waals surface area contributed by atoms with Crippen LogP contribution in [-0.4, -0.2) is 19.2 Å². The van der Waals surface area contributed by atoms with E-state index in [0.29, 0.717) is 12.2 Å². The molecule has 3 heteroatoms. The minimum atomic E-state index is -0.397. The normalized spacial score (nSPS) is 10.0. The summed E-state index contributed by atoms with van der Waals surface area (Å²) in [4.78, 5) is 11.4. The summed E-state index contributed by atoms with van der Waals surface area (Å²) in [5, 5.41) is 0. The Bertz CT molecular complexity index is 577. The monoisotopic (exact) mass is 314 g/mol. The van der Waals surface area contributed by atoms with Gasteiger partial charge in [0.05, 0.1) is 0 Å². The molecule has 124 valence electrons. The summed E-state index contributed by atoms with van der Waals surface area (Å²) in [6, 6.07) is 6.09. The summed E-state index contributed by atoms with van der Waals surface area (Å²) in [5.74, 6) is 0.441. The fourth-order valence-corrected chi connectivity index (χ4v) is 2.15. The first kappa shape index (κ1) is 18.8. The second kappa shape index (κ2) is 8.99. The molecule has 0 atom stereocenters. The van der Waals surface area contributed by atoms with Gasteiger partial charge < -0.3 is 9.47 Å². The molecule has 0 N–H and O–H groups in total. The van der Waals surface area contributed by atoms with Gasteiger partial charge >= 0.3 is 5.97 Å². The van der Waals surface area contributed by atoms with Gasteiger partial charge in [-0.05, 0) is 44.7 Å². The molecule has 0 heterocycles. The molecule has 0 saturated heterocycles. The minimum absolute atomic E-state index is 0.194. The van der Waals surface area contributed by atoms with Gasteiger partial charge in [0.2, 0.25) is 0 Å². The van der Waals surface area contributed by atoms with Crippen molar-refractivity contribution in [2.45, 2.75) is 33.6 Å². The van der Waals surface area contributed by atoms with E-state index in [1.807, 2.05) is 32.0 Å². The van der Waals surface area contributed by atoms with Crippen LogP contribution in [0.25, 0.3) is 0 Å². The number of benzene rings is 1. The van der Waals surface area contributed by atoms with Crippen LogP contribution in [0.5, 0.6) is 5.75 Å². The Kier molecular flexibility index (Phi) is 7.33. The summed E-state index contributed by atoms with van der Waals surface area (Å²) in [6.07, 6.45) is 1.51. The van der Waals surface area contributed by atoms with E-state index in [1.54, 1.807) is 6.92 Å². The number of para-hydroxylation sites is 1. The Morgan fingerprint density at radius 1 is 0.957 bits per heavy atom. The molecular formula is C20H26O3. The molecule has 0 unspecified atom stereocenters. The van der Waals surface area contributed by atoms with Gasteiger partial charge in [-0.25, -0.2) is 4.79 Å². The van der Waals surface area contributed by atoms with Gasteiger partial charge in [0.25, 0.3) is 0 Å². The second-order valence-electron chi connectivity index (χ2n) is 5.94. The number of esters is 1. The molecule has 0 aliphatic rings. The summed E-state index contributed by atoms with van der Waals surface area (Å²) >= 11 is 0. The Morgan fingerprint density at radius 2 is 1.48 bits per heavy atom. The highest BCUT2D eigenvalue weighted by atomic mass is 16.6. The van der Waals surface area contributed by atoms with E-state index in [1.165, 1.54) is 0 Å². The molecule has 23 heavy (non-hydrogen) atoms. The van der Waals surface area contributed by atoms with E-state index in [2.05, 4.69) is 19.7 Å². The summed E-state index contributed by atoms with van der Waals surface area (Å²) < 4.78 is 11.0. The fourth-order valence-electron chi connectivity index (χ4n) is 2.15. The van der Waals surface area contributed by atoms with E-state index in [-0.39, 0.29) is 6.61 Å². The average Bonchev–Trinajstić information content (AvgIpc) is 2.44. The molecule has 0 aliphatic heterocycles. The molecule has 0 saturated carbocycles. The van der Waals surface area contributed by atoms with Crippen LogP contribution in [0, 0.1) is 0 Å². The highest BCUT2D eigenvalue weighted by Gasteiger charge is 2.11. The minimum Gasteiger partial charge on any atom is -0.489 e. The van der Waals surface area contributed by atoms with Crippen LogP contribution in [0.1, 0.15) is 31.9 Å². The Morgan fingerprint density at radius 3 is 1.91 bits per heavy atom. The maximum Gasteiger partial charge on any atom is 0.333 e. The number of allylic oxidation sites excluding steroid dienone is 2. The Balaban J connectivity index is 2.83. The standard InChI is InChI=1S/C20H26O3/c1-14(2)12-17-8-7-9-18(13-15(3)4)19(17)22-10-11-23-20(21)16(5)6/h7-9H,1,3,5,10-13H2,2,4,6H3. The van der Waals surface area contributed by atoms with Crippen molar-refractivity contribution in [3.63, 3.8) is 0 Å². The first-order valence-electron chi connectivity index (χ1n) is 7.66. The molecule has 0 aromatic heterocycles. The van der Waals surface area contributed by atoms with Crippen molar-refractivity contribution < 1.29 is 14.3 Å². The van der Waals surface area contributed by atoms with Crippen LogP contribution in [0.2, 0.25) is 0 Å². The first-order valence-corrected chi connectivity index (χ1v) is 7.66. The number of hydrogen-bond donors (Lipinski definition) is 0. The number of carbonyl (C=O) groups is 1. The highest BCUT2D eigenvalue weighted by Crippen LogP contribution is 2.28. The third kappa shape index (κ3) is 6.55. The molecule has 1 aromatic rings. The van der Waals surface area contributed by atoms with Crippen molar-refractivity contribution in [2.75, 3.05) is 13.2 Å². The molecule has 1 aromatic carbocycles. The van der Waals surface area contributed by atoms with Gasteiger partial charge in [0, 0.05) is 5.57 Å². The van der Waals surface area contributed by atoms with Gasteiger partial charge in [-0.1, -0.05) is 49.1 Å². The molecule has 0 spiro atoms. The zero-order valence-electron chi connectivity index (χ0n) is 14.4. The fraction of sp³-hybridized carbons (Fsp3) is 0.350. The summed E-state index contributed by atoms with van der Waals surface area (Å²) in [7, 11) is 0. The van der Waals surface area contributed by atoms with Crippen molar-refractivity contribution in [3.05, 3.63) is 65.8 Å². The van der Waals surface area contributed by atoms with Gasteiger partial charge in [0.15, 0.2) is 0 Å². The topological polar surface area (TPSA) is 35.5 Å². The lowest BCUT2D eigenvalue weighted by atomic mass is 9.99. The smallest absolute Gasteiger partial charge is 0.333 e. The van der Waals surface area contributed by atoms with Crippen LogP contribution in [-0.2, 0) is 22.4 Å². The largest absolute Gasteiger partial charge is 0.489 e. The lowest BCUT2D eigenvalue weighted by Gasteiger charge is -2.16. The molecule has 0 bridgehead atoms. The quantitative estimate of drug-likeness (QED) is 0.293. The molecule has 1 rings (SSSR count). The van der Waals surface area contributed by atoms with E-state index < -0.39 is 5.97 Å². The van der Waals surface area contributed by atoms with Gasteiger partial charge in [-0.15, -0.1) is 0 Å². The lowest BCUT2D eigenvalue weighted by molar-refractivity contribution is -0.139. The third-order valence-corrected chi connectivity index (χ3v) is 3.07. The number of hydrogen-bond acceptors (Lipinski definition) is 3. The highest BCUT2D eigenvalue weighted by molar-refractivity contribution is 5.86. The van der Waals surface area contributed by atoms with Crippen molar-refractivity contribution >= 4 is 5.97 Å². The second-order valence-corrected chi connectivity index (χ2v) is 5.94. The van der Waals surface area contributed by atoms with Crippen molar-refractivity contribution in [3.8, 4) is 5.75 Å². The van der Waals surface area contributed by atoms with Crippen LogP contribution in [0.4, 0.5) is 0 Å². The summed E-state index contributed by atoms with van der Waals surface area (Å²) in [5.41, 5.74) is 4.69. The van der Waals surface area contributed by atoms with E-state index in [4.69, 9.17) is 9.47 Å². The summed E-state index contributed by atoms with van der Waals surface area (Å²) in [6.45, 7) is 17.6. The van der Waals surface area contributed by atoms with Gasteiger partial charge in [-0.2, -0.15) is 0 Å². The molecular weight excluding hydrogens is 288 g/mol. The van der Waals surface area contributed by atoms with Crippen molar-refractivity contribution in [1.82, 2.24) is 0 Å². The molecule has 3 nitrogen and oxygen atoms in total. The molecule has 0 fully saturated rings. The SMILES string of the molecule is C=C(C)Cc1cccc(CC(=C)C)c1OCCOC(=O)C(=C)C. The molecule has 0 aliphatic carbocycles. The number of carbonyl (C=O) groups excluding carboxylic acids is 1. The Labute approximate surface area is 139 Å². The molecule has 0 amide bonds. The lowest BCUT2D eigenvalue weighted by Crippen LogP contribution is -2.14. The van der Waals surface area contributed by atoms with Crippen LogP contribution >= 0.6 is 0 Å². The average molecular weight is 314 g/mol. The predicted molar refractivity (Wildman–Crippen MR) is 94.7 cm³/mol. The van der Waals surface area contributed by atoms with E-state index in [0.717, 1.165) is 40.9 Å². The third-order valence-electron chi connectivity index (χ3n) is 3.07. The van der Waals surface area contributed by atoms with E-state index >= 15 is 0 Å².